The number of carbonyl (C=O) groups excluding carboxylic acids is 2. The zero-order chi connectivity index (χ0) is 29.2. The zero-order valence-corrected chi connectivity index (χ0v) is 25.6. The van der Waals surface area contributed by atoms with Gasteiger partial charge in [-0.2, -0.15) is 0 Å². The summed E-state index contributed by atoms with van der Waals surface area (Å²) in [6.07, 6.45) is 4.72. The highest BCUT2D eigenvalue weighted by Gasteiger charge is 2.70. The number of esters is 1. The van der Waals surface area contributed by atoms with Crippen molar-refractivity contribution in [3.63, 3.8) is 0 Å². The summed E-state index contributed by atoms with van der Waals surface area (Å²) in [5, 5.41) is 0.822. The summed E-state index contributed by atoms with van der Waals surface area (Å²) < 4.78 is 34.0. The molecule has 10 heteroatoms. The molecule has 4 atom stereocenters. The Balaban J connectivity index is 1.50. The molecule has 2 aromatic carbocycles. The van der Waals surface area contributed by atoms with E-state index in [0.717, 1.165) is 24.0 Å². The van der Waals surface area contributed by atoms with Gasteiger partial charge in [-0.15, -0.1) is 0 Å². The number of rotatable bonds is 10. The van der Waals surface area contributed by atoms with Crippen molar-refractivity contribution < 1.29 is 22.7 Å². The molecule has 6 rings (SSSR count). The van der Waals surface area contributed by atoms with Crippen molar-refractivity contribution in [2.45, 2.75) is 75.1 Å². The highest BCUT2D eigenvalue weighted by Crippen LogP contribution is 2.67. The van der Waals surface area contributed by atoms with Crippen LogP contribution in [0, 0.1) is 16.7 Å². The first kappa shape index (κ1) is 29.0. The van der Waals surface area contributed by atoms with Gasteiger partial charge in [0.05, 0.1) is 29.2 Å². The van der Waals surface area contributed by atoms with E-state index < -0.39 is 26.9 Å². The molecular formula is C31H36Cl2N2O5S. The number of nitrogens with zero attached hydrogens (tertiary/aromatic N) is 1. The SMILES string of the molecule is COC(=O)C1([C@@]2(C)CC(c3cccc(Cl)c3)C(c3ccc(Cl)cc3)N([C@H](CNS(=O)(=O)C3CC3)C3CC3)C2=O)CC1. The van der Waals surface area contributed by atoms with E-state index in [9.17, 15) is 18.0 Å². The highest BCUT2D eigenvalue weighted by atomic mass is 35.5. The monoisotopic (exact) mass is 618 g/mol. The number of sulfonamides is 1. The molecule has 3 saturated carbocycles. The van der Waals surface area contributed by atoms with E-state index in [1.807, 2.05) is 60.4 Å². The number of ether oxygens (including phenoxy) is 1. The number of hydrogen-bond acceptors (Lipinski definition) is 5. The second kappa shape index (κ2) is 10.5. The Morgan fingerprint density at radius 3 is 2.29 bits per heavy atom. The number of hydrogen-bond donors (Lipinski definition) is 1. The second-order valence-corrected chi connectivity index (χ2v) is 15.4. The van der Waals surface area contributed by atoms with Gasteiger partial charge in [-0.05, 0) is 93.2 Å². The van der Waals surface area contributed by atoms with Crippen LogP contribution in [0.3, 0.4) is 0 Å². The van der Waals surface area contributed by atoms with Gasteiger partial charge in [-0.3, -0.25) is 9.59 Å². The predicted molar refractivity (Wildman–Crippen MR) is 158 cm³/mol. The Hall–Kier alpha value is -2.13. The summed E-state index contributed by atoms with van der Waals surface area (Å²) in [6.45, 7) is 2.04. The van der Waals surface area contributed by atoms with Gasteiger partial charge in [0.25, 0.3) is 0 Å². The fourth-order valence-corrected chi connectivity index (χ4v) is 8.78. The van der Waals surface area contributed by atoms with Gasteiger partial charge >= 0.3 is 5.97 Å². The molecule has 220 valence electrons. The molecule has 2 aromatic rings. The Labute approximate surface area is 252 Å². The van der Waals surface area contributed by atoms with Crippen LogP contribution in [0.1, 0.15) is 75.0 Å². The van der Waals surface area contributed by atoms with Crippen LogP contribution < -0.4 is 4.72 Å². The number of halogens is 2. The Morgan fingerprint density at radius 2 is 1.73 bits per heavy atom. The maximum Gasteiger partial charge on any atom is 0.312 e. The van der Waals surface area contributed by atoms with E-state index >= 15 is 0 Å². The number of nitrogens with one attached hydrogen (secondary N) is 1. The van der Waals surface area contributed by atoms with Gasteiger partial charge in [-0.1, -0.05) is 47.5 Å². The lowest BCUT2D eigenvalue weighted by Gasteiger charge is -2.54. The van der Waals surface area contributed by atoms with Crippen molar-refractivity contribution in [2.75, 3.05) is 13.7 Å². The minimum atomic E-state index is -3.46. The molecule has 3 aliphatic carbocycles. The molecule has 0 radical (unpaired) electrons. The summed E-state index contributed by atoms with van der Waals surface area (Å²) in [6, 6.07) is 14.4. The molecule has 41 heavy (non-hydrogen) atoms. The van der Waals surface area contributed by atoms with Gasteiger partial charge in [0.15, 0.2) is 0 Å². The number of benzene rings is 2. The Kier molecular flexibility index (Phi) is 7.45. The van der Waals surface area contributed by atoms with Crippen molar-refractivity contribution >= 4 is 45.1 Å². The number of piperidine rings is 1. The second-order valence-electron chi connectivity index (χ2n) is 12.5. The summed E-state index contributed by atoms with van der Waals surface area (Å²) in [7, 11) is -2.09. The third-order valence-corrected chi connectivity index (χ3v) is 12.3. The lowest BCUT2D eigenvalue weighted by Crippen LogP contribution is -2.61. The van der Waals surface area contributed by atoms with Crippen LogP contribution in [0.2, 0.25) is 10.0 Å². The largest absolute Gasteiger partial charge is 0.469 e. The smallest absolute Gasteiger partial charge is 0.312 e. The minimum Gasteiger partial charge on any atom is -0.469 e. The lowest BCUT2D eigenvalue weighted by atomic mass is 9.61. The van der Waals surface area contributed by atoms with Crippen molar-refractivity contribution in [1.82, 2.24) is 9.62 Å². The Bertz CT molecular complexity index is 1450. The van der Waals surface area contributed by atoms with E-state index in [4.69, 9.17) is 27.9 Å². The number of carbonyl (C=O) groups is 2. The van der Waals surface area contributed by atoms with E-state index in [1.54, 1.807) is 0 Å². The molecule has 1 saturated heterocycles. The molecule has 1 N–H and O–H groups in total. The van der Waals surface area contributed by atoms with Crippen molar-refractivity contribution in [2.24, 2.45) is 16.7 Å². The van der Waals surface area contributed by atoms with Crippen LogP contribution in [0.25, 0.3) is 0 Å². The van der Waals surface area contributed by atoms with E-state index in [2.05, 4.69) is 4.72 Å². The van der Waals surface area contributed by atoms with Gasteiger partial charge in [0, 0.05) is 28.5 Å². The molecule has 1 aliphatic heterocycles. The van der Waals surface area contributed by atoms with Gasteiger partial charge in [0.1, 0.15) is 0 Å². The van der Waals surface area contributed by atoms with Crippen molar-refractivity contribution in [3.8, 4) is 0 Å². The van der Waals surface area contributed by atoms with E-state index in [-0.39, 0.29) is 41.5 Å². The molecule has 4 aliphatic rings. The average Bonchev–Trinajstić information content (AvgIpc) is 3.79. The maximum atomic E-state index is 15.0. The molecule has 0 spiro atoms. The summed E-state index contributed by atoms with van der Waals surface area (Å²) in [5.74, 6) is -0.533. The lowest BCUT2D eigenvalue weighted by molar-refractivity contribution is -0.172. The molecule has 4 fully saturated rings. The van der Waals surface area contributed by atoms with Crippen LogP contribution in [0.15, 0.2) is 48.5 Å². The summed E-state index contributed by atoms with van der Waals surface area (Å²) in [5.41, 5.74) is -0.0812. The molecule has 0 aromatic heterocycles. The van der Waals surface area contributed by atoms with Gasteiger partial charge < -0.3 is 9.64 Å². The molecular weight excluding hydrogens is 583 g/mol. The third kappa shape index (κ3) is 5.19. The predicted octanol–water partition coefficient (Wildman–Crippen LogP) is 5.87. The minimum absolute atomic E-state index is 0.124. The number of methoxy groups -OCH3 is 1. The van der Waals surface area contributed by atoms with Gasteiger partial charge in [-0.25, -0.2) is 13.1 Å². The van der Waals surface area contributed by atoms with Crippen LogP contribution in [-0.4, -0.2) is 50.1 Å². The topological polar surface area (TPSA) is 92.8 Å². The third-order valence-electron chi connectivity index (χ3n) is 9.87. The standard InChI is InChI=1S/C31H36Cl2N2O5S/c1-30(31(14-15-31)29(37)40-2)17-25(21-4-3-5-23(33)16-21)27(20-8-10-22(32)11-9-20)35(28(30)36)26(19-6-7-19)18-34-41(38,39)24-12-13-24/h3-5,8-11,16,19,24-27,34H,6-7,12-15,17-18H2,1-2H3/t25?,26-,27?,30+/m1/s1. The fraction of sp³-hybridized carbons (Fsp3) is 0.548. The first-order chi connectivity index (χ1) is 19.5. The number of amides is 1. The molecule has 7 nitrogen and oxygen atoms in total. The van der Waals surface area contributed by atoms with Crippen molar-refractivity contribution in [1.29, 1.82) is 0 Å². The average molecular weight is 620 g/mol. The number of likely N-dealkylation sites (tertiary alicyclic amines) is 1. The molecule has 1 heterocycles. The zero-order valence-electron chi connectivity index (χ0n) is 23.3. The first-order valence-corrected chi connectivity index (χ1v) is 16.7. The van der Waals surface area contributed by atoms with E-state index in [0.29, 0.717) is 42.1 Å². The van der Waals surface area contributed by atoms with Crippen LogP contribution in [-0.2, 0) is 24.3 Å². The highest BCUT2D eigenvalue weighted by molar-refractivity contribution is 7.90. The van der Waals surface area contributed by atoms with Crippen LogP contribution in [0.4, 0.5) is 0 Å². The van der Waals surface area contributed by atoms with Gasteiger partial charge in [0.2, 0.25) is 15.9 Å². The van der Waals surface area contributed by atoms with Crippen LogP contribution in [0.5, 0.6) is 0 Å². The van der Waals surface area contributed by atoms with Crippen molar-refractivity contribution in [3.05, 3.63) is 69.7 Å². The molecule has 2 unspecified atom stereocenters. The molecule has 1 amide bonds. The quantitative estimate of drug-likeness (QED) is 0.336. The Morgan fingerprint density at radius 1 is 1.05 bits per heavy atom. The maximum absolute atomic E-state index is 15.0. The van der Waals surface area contributed by atoms with E-state index in [1.165, 1.54) is 7.11 Å². The fourth-order valence-electron chi connectivity index (χ4n) is 7.06. The normalized spacial score (nSPS) is 28.3. The first-order valence-electron chi connectivity index (χ1n) is 14.4. The van der Waals surface area contributed by atoms with Crippen LogP contribution >= 0.6 is 23.2 Å². The molecule has 0 bridgehead atoms. The summed E-state index contributed by atoms with van der Waals surface area (Å²) in [4.78, 5) is 30.2. The summed E-state index contributed by atoms with van der Waals surface area (Å²) >= 11 is 12.8.